The number of phenolic OH excluding ortho intramolecular Hbond substituents is 1. The highest BCUT2D eigenvalue weighted by Gasteiger charge is 2.47. The molecule has 0 aliphatic heterocycles. The average molecular weight is 338 g/mol. The Balaban J connectivity index is 2.00. The van der Waals surface area contributed by atoms with Gasteiger partial charge in [0.25, 0.3) is 0 Å². The van der Waals surface area contributed by atoms with Crippen molar-refractivity contribution in [2.75, 3.05) is 0 Å². The summed E-state index contributed by atoms with van der Waals surface area (Å²) in [4.78, 5) is 0. The van der Waals surface area contributed by atoms with Crippen molar-refractivity contribution in [1.82, 2.24) is 0 Å². The van der Waals surface area contributed by atoms with Crippen molar-refractivity contribution in [2.24, 2.45) is 5.92 Å². The number of hydrogen-bond acceptors (Lipinski definition) is 1. The molecule has 0 heterocycles. The molecule has 1 nitrogen and oxygen atoms in total. The average Bonchev–Trinajstić information content (AvgIpc) is 2.55. The summed E-state index contributed by atoms with van der Waals surface area (Å²) >= 11 is 0. The molecule has 0 unspecified atom stereocenters. The Morgan fingerprint density at radius 3 is 1.75 bits per heavy atom. The van der Waals surface area contributed by atoms with E-state index in [0.29, 0.717) is 12.8 Å². The third-order valence-electron chi connectivity index (χ3n) is 5.12. The van der Waals surface area contributed by atoms with Crippen LogP contribution in [0.1, 0.15) is 36.8 Å². The molecule has 5 heteroatoms. The van der Waals surface area contributed by atoms with Gasteiger partial charge in [-0.15, -0.1) is 0 Å². The third-order valence-corrected chi connectivity index (χ3v) is 5.12. The fourth-order valence-corrected chi connectivity index (χ4v) is 3.73. The van der Waals surface area contributed by atoms with Gasteiger partial charge in [-0.1, -0.05) is 24.3 Å². The molecule has 128 valence electrons. The van der Waals surface area contributed by atoms with Crippen molar-refractivity contribution in [3.05, 3.63) is 65.5 Å². The third kappa shape index (κ3) is 3.12. The molecule has 0 atom stereocenters. The Bertz CT molecular complexity index is 633. The van der Waals surface area contributed by atoms with Crippen molar-refractivity contribution < 1.29 is 22.7 Å². The second kappa shape index (κ2) is 6.11. The molecule has 24 heavy (non-hydrogen) atoms. The summed E-state index contributed by atoms with van der Waals surface area (Å²) in [7, 11) is 0. The van der Waals surface area contributed by atoms with Gasteiger partial charge in [0.1, 0.15) is 11.6 Å². The van der Waals surface area contributed by atoms with E-state index >= 15 is 0 Å². The number of phenols is 1. The van der Waals surface area contributed by atoms with Gasteiger partial charge in [0.2, 0.25) is 0 Å². The molecule has 2 aromatic rings. The molecule has 0 amide bonds. The highest BCUT2D eigenvalue weighted by molar-refractivity contribution is 5.42. The first-order chi connectivity index (χ1) is 11.3. The summed E-state index contributed by atoms with van der Waals surface area (Å²) in [6.45, 7) is 0. The fourth-order valence-electron chi connectivity index (χ4n) is 3.73. The van der Waals surface area contributed by atoms with Crippen molar-refractivity contribution in [3.63, 3.8) is 0 Å². The molecule has 1 saturated carbocycles. The number of rotatable bonds is 2. The number of aromatic hydroxyl groups is 1. The lowest BCUT2D eigenvalue weighted by atomic mass is 9.63. The summed E-state index contributed by atoms with van der Waals surface area (Å²) in [6, 6.07) is 12.5. The van der Waals surface area contributed by atoms with Crippen LogP contribution in [0.4, 0.5) is 17.6 Å². The van der Waals surface area contributed by atoms with Gasteiger partial charge >= 0.3 is 6.18 Å². The van der Waals surface area contributed by atoms with Crippen LogP contribution in [0.2, 0.25) is 0 Å². The number of halogens is 4. The quantitative estimate of drug-likeness (QED) is 0.710. The molecule has 0 bridgehead atoms. The molecule has 3 rings (SSSR count). The fraction of sp³-hybridized carbons (Fsp3) is 0.368. The normalized spacial score (nSPS) is 24.8. The summed E-state index contributed by atoms with van der Waals surface area (Å²) in [5, 5.41) is 9.50. The molecular formula is C19H18F4O. The van der Waals surface area contributed by atoms with Crippen LogP contribution in [0.3, 0.4) is 0 Å². The molecule has 1 aliphatic rings. The van der Waals surface area contributed by atoms with Gasteiger partial charge in [0, 0.05) is 5.41 Å². The maximum atomic E-state index is 13.3. The van der Waals surface area contributed by atoms with Gasteiger partial charge in [0.15, 0.2) is 0 Å². The van der Waals surface area contributed by atoms with Crippen LogP contribution in [-0.4, -0.2) is 11.3 Å². The summed E-state index contributed by atoms with van der Waals surface area (Å²) in [5.41, 5.74) is 1.09. The molecule has 0 spiro atoms. The van der Waals surface area contributed by atoms with Crippen LogP contribution in [0.25, 0.3) is 0 Å². The van der Waals surface area contributed by atoms with Crippen LogP contribution in [0.15, 0.2) is 48.5 Å². The van der Waals surface area contributed by atoms with E-state index in [1.54, 1.807) is 24.3 Å². The molecule has 0 radical (unpaired) electrons. The van der Waals surface area contributed by atoms with Gasteiger partial charge in [0.05, 0.1) is 5.92 Å². The van der Waals surface area contributed by atoms with E-state index in [2.05, 4.69) is 0 Å². The van der Waals surface area contributed by atoms with E-state index in [1.807, 2.05) is 0 Å². The minimum atomic E-state index is -4.18. The largest absolute Gasteiger partial charge is 0.508 e. The lowest BCUT2D eigenvalue weighted by Crippen LogP contribution is -2.37. The summed E-state index contributed by atoms with van der Waals surface area (Å²) in [6.07, 6.45) is -3.41. The zero-order valence-corrected chi connectivity index (χ0v) is 13.0. The van der Waals surface area contributed by atoms with Crippen LogP contribution in [0, 0.1) is 11.7 Å². The molecule has 0 saturated heterocycles. The lowest BCUT2D eigenvalue weighted by Gasteiger charge is -2.41. The van der Waals surface area contributed by atoms with E-state index in [1.165, 1.54) is 24.3 Å². The topological polar surface area (TPSA) is 20.2 Å². The van der Waals surface area contributed by atoms with E-state index in [9.17, 15) is 22.7 Å². The first kappa shape index (κ1) is 16.8. The first-order valence-electron chi connectivity index (χ1n) is 7.93. The van der Waals surface area contributed by atoms with Crippen molar-refractivity contribution >= 4 is 0 Å². The smallest absolute Gasteiger partial charge is 0.391 e. The summed E-state index contributed by atoms with van der Waals surface area (Å²) < 4.78 is 52.3. The van der Waals surface area contributed by atoms with Crippen LogP contribution in [0.5, 0.6) is 5.75 Å². The Morgan fingerprint density at radius 1 is 0.833 bits per heavy atom. The molecule has 2 aromatic carbocycles. The van der Waals surface area contributed by atoms with Gasteiger partial charge in [-0.25, -0.2) is 4.39 Å². The lowest BCUT2D eigenvalue weighted by molar-refractivity contribution is -0.184. The second-order valence-corrected chi connectivity index (χ2v) is 6.45. The first-order valence-corrected chi connectivity index (χ1v) is 7.93. The predicted octanol–water partition coefficient (Wildman–Crippen LogP) is 5.57. The van der Waals surface area contributed by atoms with Gasteiger partial charge in [-0.2, -0.15) is 13.2 Å². The Hall–Kier alpha value is -2.04. The van der Waals surface area contributed by atoms with Crippen LogP contribution in [-0.2, 0) is 5.41 Å². The Kier molecular flexibility index (Phi) is 4.28. The molecule has 1 N–H and O–H groups in total. The van der Waals surface area contributed by atoms with Crippen molar-refractivity contribution in [3.8, 4) is 5.75 Å². The van der Waals surface area contributed by atoms with Gasteiger partial charge in [-0.3, -0.25) is 0 Å². The van der Waals surface area contributed by atoms with E-state index < -0.39 is 17.5 Å². The predicted molar refractivity (Wildman–Crippen MR) is 83.3 cm³/mol. The zero-order chi connectivity index (χ0) is 17.4. The maximum Gasteiger partial charge on any atom is 0.391 e. The van der Waals surface area contributed by atoms with Crippen LogP contribution < -0.4 is 0 Å². The summed E-state index contributed by atoms with van der Waals surface area (Å²) in [5.74, 6) is -1.55. The molecular weight excluding hydrogens is 320 g/mol. The van der Waals surface area contributed by atoms with Crippen molar-refractivity contribution in [1.29, 1.82) is 0 Å². The standard InChI is InChI=1S/C19H18F4O/c20-16-5-1-13(2-6-16)18(14-3-7-17(24)8-4-14)11-9-15(10-12-18)19(21,22)23/h1-8,15,24H,9-12H2/t15-,18+. The monoisotopic (exact) mass is 338 g/mol. The number of benzene rings is 2. The molecule has 1 fully saturated rings. The van der Waals surface area contributed by atoms with Crippen LogP contribution >= 0.6 is 0 Å². The van der Waals surface area contributed by atoms with Gasteiger partial charge < -0.3 is 5.11 Å². The highest BCUT2D eigenvalue weighted by atomic mass is 19.4. The minimum absolute atomic E-state index is 0.0434. The second-order valence-electron chi connectivity index (χ2n) is 6.45. The molecule has 0 aromatic heterocycles. The Labute approximate surface area is 137 Å². The zero-order valence-electron chi connectivity index (χ0n) is 13.0. The van der Waals surface area contributed by atoms with Gasteiger partial charge in [-0.05, 0) is 61.1 Å². The Morgan fingerprint density at radius 2 is 1.29 bits per heavy atom. The minimum Gasteiger partial charge on any atom is -0.508 e. The van der Waals surface area contributed by atoms with E-state index in [-0.39, 0.29) is 24.4 Å². The maximum absolute atomic E-state index is 13.3. The molecule has 1 aliphatic carbocycles. The van der Waals surface area contributed by atoms with E-state index in [4.69, 9.17) is 0 Å². The van der Waals surface area contributed by atoms with Crippen molar-refractivity contribution in [2.45, 2.75) is 37.3 Å². The number of alkyl halides is 3. The number of hydrogen-bond donors (Lipinski definition) is 1. The highest BCUT2D eigenvalue weighted by Crippen LogP contribution is 2.50. The SMILES string of the molecule is Oc1ccc([C@]2(c3ccc(F)cc3)CC[C@H](C(F)(F)F)CC2)cc1. The van der Waals surface area contributed by atoms with E-state index in [0.717, 1.165) is 11.1 Å².